The summed E-state index contributed by atoms with van der Waals surface area (Å²) in [5.74, 6) is -1.15. The highest BCUT2D eigenvalue weighted by molar-refractivity contribution is 9.12. The molecule has 1 aromatic rings. The molecule has 0 unspecified atom stereocenters. The Balaban J connectivity index is 1.57. The van der Waals surface area contributed by atoms with Crippen molar-refractivity contribution in [3.05, 3.63) is 24.3 Å². The maximum Gasteiger partial charge on any atom is 0.240 e. The third-order valence-corrected chi connectivity index (χ3v) is 9.83. The fourth-order valence-corrected chi connectivity index (χ4v) is 7.15. The Labute approximate surface area is 185 Å². The molecule has 1 aromatic carbocycles. The van der Waals surface area contributed by atoms with Gasteiger partial charge in [-0.1, -0.05) is 31.9 Å². The SMILES string of the molecule is CCOc1ccc(N2C(=O)[C@@H]3[C@H](C2=O)[C@@]2(C4OCCO4)O[C@@]3(C)[C@H](Br)[C@@H]2Br)cc1. The molecule has 4 fully saturated rings. The van der Waals surface area contributed by atoms with Crippen LogP contribution in [0.1, 0.15) is 13.8 Å². The predicted octanol–water partition coefficient (Wildman–Crippen LogP) is 2.63. The molecule has 0 aliphatic carbocycles. The minimum absolute atomic E-state index is 0.180. The number of carbonyl (C=O) groups is 2. The molecule has 29 heavy (non-hydrogen) atoms. The van der Waals surface area contributed by atoms with Crippen LogP contribution in [0.15, 0.2) is 24.3 Å². The summed E-state index contributed by atoms with van der Waals surface area (Å²) in [6, 6.07) is 7.00. The lowest BCUT2D eigenvalue weighted by Crippen LogP contribution is -2.59. The molecule has 0 saturated carbocycles. The van der Waals surface area contributed by atoms with Gasteiger partial charge in [-0.2, -0.15) is 0 Å². The predicted molar refractivity (Wildman–Crippen MR) is 110 cm³/mol. The van der Waals surface area contributed by atoms with Crippen molar-refractivity contribution in [3.63, 3.8) is 0 Å². The van der Waals surface area contributed by atoms with Crippen molar-refractivity contribution < 1.29 is 28.5 Å². The van der Waals surface area contributed by atoms with E-state index < -0.39 is 29.3 Å². The van der Waals surface area contributed by atoms with Crippen molar-refractivity contribution in [2.75, 3.05) is 24.7 Å². The second-order valence-electron chi connectivity index (χ2n) is 7.91. The summed E-state index contributed by atoms with van der Waals surface area (Å²) in [4.78, 5) is 27.9. The van der Waals surface area contributed by atoms with Crippen molar-refractivity contribution in [2.45, 2.75) is 41.0 Å². The van der Waals surface area contributed by atoms with E-state index in [1.807, 2.05) is 13.8 Å². The van der Waals surface area contributed by atoms with Gasteiger partial charge in [-0.05, 0) is 38.1 Å². The zero-order valence-electron chi connectivity index (χ0n) is 16.0. The lowest BCUT2D eigenvalue weighted by atomic mass is 9.67. The van der Waals surface area contributed by atoms with Crippen molar-refractivity contribution in [1.82, 2.24) is 0 Å². The number of imide groups is 1. The van der Waals surface area contributed by atoms with Gasteiger partial charge in [0.25, 0.3) is 0 Å². The van der Waals surface area contributed by atoms with Gasteiger partial charge in [0.2, 0.25) is 11.8 Å². The van der Waals surface area contributed by atoms with E-state index >= 15 is 0 Å². The van der Waals surface area contributed by atoms with Crippen molar-refractivity contribution in [1.29, 1.82) is 0 Å². The van der Waals surface area contributed by atoms with E-state index in [4.69, 9.17) is 18.9 Å². The van der Waals surface area contributed by atoms with Crippen LogP contribution in [0.4, 0.5) is 5.69 Å². The highest BCUT2D eigenvalue weighted by atomic mass is 79.9. The molecule has 0 radical (unpaired) electrons. The molecule has 9 heteroatoms. The summed E-state index contributed by atoms with van der Waals surface area (Å²) >= 11 is 7.42. The largest absolute Gasteiger partial charge is 0.494 e. The van der Waals surface area contributed by atoms with Gasteiger partial charge >= 0.3 is 0 Å². The van der Waals surface area contributed by atoms with Gasteiger partial charge in [-0.25, -0.2) is 4.90 Å². The van der Waals surface area contributed by atoms with Crippen LogP contribution in [0.25, 0.3) is 0 Å². The fourth-order valence-electron chi connectivity index (χ4n) is 5.24. The number of benzene rings is 1. The molecule has 7 nitrogen and oxygen atoms in total. The molecule has 0 spiro atoms. The van der Waals surface area contributed by atoms with Gasteiger partial charge in [-0.15, -0.1) is 0 Å². The highest BCUT2D eigenvalue weighted by Crippen LogP contribution is 2.66. The number of hydrogen-bond donors (Lipinski definition) is 0. The molecule has 5 rings (SSSR count). The van der Waals surface area contributed by atoms with Crippen LogP contribution < -0.4 is 9.64 Å². The van der Waals surface area contributed by atoms with Crippen LogP contribution in [0.2, 0.25) is 0 Å². The van der Waals surface area contributed by atoms with Gasteiger partial charge in [0.05, 0.1) is 52.6 Å². The average Bonchev–Trinajstić information content (AvgIpc) is 3.42. The highest BCUT2D eigenvalue weighted by Gasteiger charge is 2.82. The molecule has 6 atom stereocenters. The molecule has 156 valence electrons. The smallest absolute Gasteiger partial charge is 0.240 e. The maximum absolute atomic E-state index is 13.6. The first-order chi connectivity index (χ1) is 13.9. The molecular formula is C20H21Br2NO6. The van der Waals surface area contributed by atoms with Crippen LogP contribution >= 0.6 is 31.9 Å². The molecular weight excluding hydrogens is 510 g/mol. The first kappa shape index (κ1) is 19.9. The van der Waals surface area contributed by atoms with Gasteiger partial charge in [0, 0.05) is 0 Å². The van der Waals surface area contributed by atoms with Crippen LogP contribution in [-0.2, 0) is 23.8 Å². The van der Waals surface area contributed by atoms with Gasteiger partial charge < -0.3 is 18.9 Å². The van der Waals surface area contributed by atoms with E-state index in [0.717, 1.165) is 0 Å². The minimum atomic E-state index is -1.07. The Bertz CT molecular complexity index is 855. The summed E-state index contributed by atoms with van der Waals surface area (Å²) in [5, 5.41) is 0. The van der Waals surface area contributed by atoms with Crippen LogP contribution in [0.3, 0.4) is 0 Å². The van der Waals surface area contributed by atoms with Crippen molar-refractivity contribution >= 4 is 49.4 Å². The lowest BCUT2D eigenvalue weighted by Gasteiger charge is -2.39. The van der Waals surface area contributed by atoms with E-state index in [9.17, 15) is 9.59 Å². The number of nitrogens with zero attached hydrogens (tertiary/aromatic N) is 1. The molecule has 4 aliphatic rings. The Morgan fingerprint density at radius 1 is 1.07 bits per heavy atom. The molecule has 2 amide bonds. The summed E-state index contributed by atoms with van der Waals surface area (Å²) in [7, 11) is 0. The molecule has 4 heterocycles. The lowest BCUT2D eigenvalue weighted by molar-refractivity contribution is -0.200. The second-order valence-corrected chi connectivity index (χ2v) is 9.88. The summed E-state index contributed by atoms with van der Waals surface area (Å²) in [5.41, 5.74) is -1.40. The number of halogens is 2. The molecule has 0 N–H and O–H groups in total. The van der Waals surface area contributed by atoms with E-state index in [2.05, 4.69) is 31.9 Å². The monoisotopic (exact) mass is 529 g/mol. The Morgan fingerprint density at radius 3 is 2.31 bits per heavy atom. The topological polar surface area (TPSA) is 74.3 Å². The van der Waals surface area contributed by atoms with Gasteiger partial charge in [0.1, 0.15) is 11.4 Å². The first-order valence-corrected chi connectivity index (χ1v) is 11.5. The first-order valence-electron chi connectivity index (χ1n) is 9.68. The fraction of sp³-hybridized carbons (Fsp3) is 0.600. The Morgan fingerprint density at radius 2 is 1.69 bits per heavy atom. The second kappa shape index (κ2) is 6.75. The summed E-state index contributed by atoms with van der Waals surface area (Å²) < 4.78 is 23.5. The van der Waals surface area contributed by atoms with E-state index in [1.165, 1.54) is 4.90 Å². The molecule has 4 aliphatic heterocycles. The Hall–Kier alpha value is -1.00. The third-order valence-electron chi connectivity index (χ3n) is 6.44. The average molecular weight is 531 g/mol. The number of hydrogen-bond acceptors (Lipinski definition) is 6. The minimum Gasteiger partial charge on any atom is -0.494 e. The van der Waals surface area contributed by atoms with E-state index in [1.54, 1.807) is 24.3 Å². The van der Waals surface area contributed by atoms with Crippen LogP contribution in [-0.4, -0.2) is 58.8 Å². The number of rotatable bonds is 4. The number of ether oxygens (including phenoxy) is 4. The third kappa shape index (κ3) is 2.45. The van der Waals surface area contributed by atoms with E-state index in [-0.39, 0.29) is 21.5 Å². The zero-order valence-corrected chi connectivity index (χ0v) is 19.1. The van der Waals surface area contributed by atoms with Crippen LogP contribution in [0, 0.1) is 11.8 Å². The maximum atomic E-state index is 13.6. The number of carbonyl (C=O) groups excluding carboxylic acids is 2. The molecule has 2 bridgehead atoms. The van der Waals surface area contributed by atoms with Crippen molar-refractivity contribution in [3.8, 4) is 5.75 Å². The summed E-state index contributed by atoms with van der Waals surface area (Å²) in [6.45, 7) is 5.19. The quantitative estimate of drug-likeness (QED) is 0.440. The normalized spacial score (nSPS) is 41.4. The molecule has 4 saturated heterocycles. The van der Waals surface area contributed by atoms with Gasteiger partial charge in [-0.3, -0.25) is 9.59 Å². The number of alkyl halides is 2. The number of fused-ring (bicyclic) bond motifs is 5. The molecule has 0 aromatic heterocycles. The van der Waals surface area contributed by atoms with Crippen molar-refractivity contribution in [2.24, 2.45) is 11.8 Å². The number of amides is 2. The van der Waals surface area contributed by atoms with E-state index in [0.29, 0.717) is 31.3 Å². The standard InChI is InChI=1S/C20H21Br2NO6/c1-3-26-11-6-4-10(5-7-11)23-16(24)12-13(17(23)25)20(18-27-8-9-28-18)15(22)14(21)19(12,2)29-20/h4-7,12-15,18H,3,8-9H2,1-2H3/t12-,13+,14+,15-,19+,20+/m0/s1. The van der Waals surface area contributed by atoms with Crippen LogP contribution in [0.5, 0.6) is 5.75 Å². The summed E-state index contributed by atoms with van der Waals surface area (Å²) in [6.07, 6.45) is -0.708. The Kier molecular flexibility index (Phi) is 4.64. The van der Waals surface area contributed by atoms with Gasteiger partial charge in [0.15, 0.2) is 6.29 Å². The zero-order chi connectivity index (χ0) is 20.6. The number of anilines is 1.